The lowest BCUT2D eigenvalue weighted by molar-refractivity contribution is -0.274. The predicted molar refractivity (Wildman–Crippen MR) is 153 cm³/mol. The first-order chi connectivity index (χ1) is 21.0. The Balaban J connectivity index is 1.03. The van der Waals surface area contributed by atoms with Gasteiger partial charge in [-0.2, -0.15) is 0 Å². The van der Waals surface area contributed by atoms with Crippen molar-refractivity contribution in [2.24, 2.45) is 5.92 Å². The molecule has 5 fully saturated rings. The first-order valence-electron chi connectivity index (χ1n) is 14.9. The SMILES string of the molecule is CC1C2CC(NCc3c(-c4ccccc4OC(F)(F)F)noc3C3CC3)CC1N2c1ccc(C(=O)NS(=O)(=O)C2CC2)cn1. The summed E-state index contributed by atoms with van der Waals surface area (Å²) in [6.45, 7) is 2.60. The number of piperidine rings is 1. The number of hydrogen-bond acceptors (Lipinski definition) is 9. The van der Waals surface area contributed by atoms with Crippen LogP contribution in [-0.2, 0) is 16.6 Å². The molecule has 8 rings (SSSR count). The van der Waals surface area contributed by atoms with E-state index in [9.17, 15) is 26.4 Å². The Kier molecular flexibility index (Phi) is 7.11. The molecule has 0 radical (unpaired) electrons. The number of carbonyl (C=O) groups is 1. The maximum absolute atomic E-state index is 13.1. The summed E-state index contributed by atoms with van der Waals surface area (Å²) in [7, 11) is -3.64. The Bertz CT molecular complexity index is 1660. The lowest BCUT2D eigenvalue weighted by Crippen LogP contribution is -2.70. The molecule has 0 spiro atoms. The molecule has 2 saturated heterocycles. The van der Waals surface area contributed by atoms with Gasteiger partial charge in [-0.3, -0.25) is 4.79 Å². The van der Waals surface area contributed by atoms with Crippen LogP contribution in [0.15, 0.2) is 47.1 Å². The molecule has 2 unspecified atom stereocenters. The molecule has 2 aromatic heterocycles. The van der Waals surface area contributed by atoms with Crippen LogP contribution in [0, 0.1) is 5.92 Å². The topological polar surface area (TPSA) is 127 Å². The molecule has 1 amide bonds. The van der Waals surface area contributed by atoms with E-state index in [0.717, 1.165) is 37.1 Å². The molecule has 2 N–H and O–H groups in total. The summed E-state index contributed by atoms with van der Waals surface area (Å²) in [5.74, 6) is 1.09. The fourth-order valence-electron chi connectivity index (χ4n) is 6.57. The largest absolute Gasteiger partial charge is 0.573 e. The van der Waals surface area contributed by atoms with E-state index in [1.54, 1.807) is 24.3 Å². The Morgan fingerprint density at radius 3 is 2.45 bits per heavy atom. The normalized spacial score (nSPS) is 25.0. The van der Waals surface area contributed by atoms with Gasteiger partial charge in [0.2, 0.25) is 10.0 Å². The van der Waals surface area contributed by atoms with Gasteiger partial charge in [-0.15, -0.1) is 13.2 Å². The molecule has 2 atom stereocenters. The molecular formula is C30H32F3N5O5S. The second kappa shape index (κ2) is 10.8. The average molecular weight is 632 g/mol. The van der Waals surface area contributed by atoms with Crippen LogP contribution in [0.4, 0.5) is 19.0 Å². The van der Waals surface area contributed by atoms with Gasteiger partial charge in [0.25, 0.3) is 5.91 Å². The number of alkyl halides is 3. The zero-order chi connectivity index (χ0) is 30.8. The lowest BCUT2D eigenvalue weighted by Gasteiger charge is -2.60. The quantitative estimate of drug-likeness (QED) is 0.322. The van der Waals surface area contributed by atoms with Gasteiger partial charge in [0, 0.05) is 47.9 Å². The van der Waals surface area contributed by atoms with Gasteiger partial charge in [0.1, 0.15) is 23.0 Å². The van der Waals surface area contributed by atoms with Gasteiger partial charge in [-0.05, 0) is 68.7 Å². The summed E-state index contributed by atoms with van der Waals surface area (Å²) in [6.07, 6.45) is 1.27. The smallest absolute Gasteiger partial charge is 0.405 e. The molecule has 14 heteroatoms. The van der Waals surface area contributed by atoms with Crippen molar-refractivity contribution in [3.8, 4) is 17.0 Å². The minimum Gasteiger partial charge on any atom is -0.405 e. The minimum atomic E-state index is -4.83. The average Bonchev–Trinajstić information content (AvgIpc) is 3.92. The highest BCUT2D eigenvalue weighted by molar-refractivity contribution is 7.91. The fraction of sp³-hybridized carbons (Fsp3) is 0.500. The Morgan fingerprint density at radius 1 is 1.09 bits per heavy atom. The first kappa shape index (κ1) is 29.1. The molecular weight excluding hydrogens is 599 g/mol. The number of rotatable bonds is 10. The van der Waals surface area contributed by atoms with E-state index in [-0.39, 0.29) is 40.9 Å². The number of aromatic nitrogens is 2. The minimum absolute atomic E-state index is 0.159. The van der Waals surface area contributed by atoms with E-state index in [4.69, 9.17) is 4.52 Å². The number of hydrogen-bond donors (Lipinski definition) is 2. The molecule has 2 aliphatic heterocycles. The number of nitrogens with zero attached hydrogens (tertiary/aromatic N) is 3. The summed E-state index contributed by atoms with van der Waals surface area (Å²) in [6, 6.07) is 9.90. The summed E-state index contributed by atoms with van der Waals surface area (Å²) in [5.41, 5.74) is 1.54. The number of nitrogens with one attached hydrogen (secondary N) is 2. The molecule has 3 saturated carbocycles. The van der Waals surface area contributed by atoms with Crippen LogP contribution in [0.25, 0.3) is 11.3 Å². The Labute approximate surface area is 252 Å². The number of para-hydroxylation sites is 1. The van der Waals surface area contributed by atoms with Crippen molar-refractivity contribution < 1.29 is 35.6 Å². The van der Waals surface area contributed by atoms with Crippen LogP contribution >= 0.6 is 0 Å². The molecule has 234 valence electrons. The molecule has 3 aromatic rings. The Morgan fingerprint density at radius 2 is 1.82 bits per heavy atom. The van der Waals surface area contributed by atoms with Crippen LogP contribution < -0.4 is 19.7 Å². The monoisotopic (exact) mass is 631 g/mol. The van der Waals surface area contributed by atoms with Crippen molar-refractivity contribution in [3.05, 3.63) is 59.5 Å². The maximum atomic E-state index is 13.1. The Hall–Kier alpha value is -3.65. The van der Waals surface area contributed by atoms with Crippen LogP contribution in [-0.4, -0.2) is 54.2 Å². The standard InChI is InChI=1S/C30H32F3N5O5S/c1-16-23-12-19(13-24(16)38(23)26-11-8-18(14-35-26)29(39)37-44(40,41)20-9-10-20)34-15-22-27(36-43-28(22)17-6-7-17)21-4-2-3-5-25(21)42-30(31,32)33/h2-5,8,11,14,16-17,19-20,23-24,34H,6-7,9-10,12-13,15H2,1H3,(H,37,39). The number of sulfonamides is 1. The van der Waals surface area contributed by atoms with Crippen molar-refractivity contribution >= 4 is 21.7 Å². The molecule has 1 aromatic carbocycles. The van der Waals surface area contributed by atoms with Gasteiger partial charge < -0.3 is 19.5 Å². The van der Waals surface area contributed by atoms with Gasteiger partial charge in [-0.25, -0.2) is 18.1 Å². The number of carbonyl (C=O) groups excluding carboxylic acids is 1. The molecule has 3 aliphatic carbocycles. The fourth-order valence-corrected chi connectivity index (χ4v) is 7.87. The lowest BCUT2D eigenvalue weighted by atomic mass is 9.69. The number of ether oxygens (including phenoxy) is 1. The third-order valence-electron chi connectivity index (χ3n) is 9.16. The number of anilines is 1. The summed E-state index contributed by atoms with van der Waals surface area (Å²) in [5, 5.41) is 7.33. The van der Waals surface area contributed by atoms with E-state index >= 15 is 0 Å². The van der Waals surface area contributed by atoms with Crippen molar-refractivity contribution in [3.63, 3.8) is 0 Å². The summed E-state index contributed by atoms with van der Waals surface area (Å²) < 4.78 is 75.7. The van der Waals surface area contributed by atoms with E-state index in [2.05, 4.69) is 36.7 Å². The third-order valence-corrected chi connectivity index (χ3v) is 11.0. The molecule has 44 heavy (non-hydrogen) atoms. The highest BCUT2D eigenvalue weighted by Gasteiger charge is 2.51. The van der Waals surface area contributed by atoms with Crippen LogP contribution in [0.5, 0.6) is 5.75 Å². The van der Waals surface area contributed by atoms with E-state index < -0.39 is 27.5 Å². The van der Waals surface area contributed by atoms with E-state index in [1.165, 1.54) is 18.3 Å². The van der Waals surface area contributed by atoms with Gasteiger partial charge in [0.05, 0.1) is 10.8 Å². The van der Waals surface area contributed by atoms with Crippen molar-refractivity contribution in [1.29, 1.82) is 0 Å². The highest BCUT2D eigenvalue weighted by Crippen LogP contribution is 2.47. The summed E-state index contributed by atoms with van der Waals surface area (Å²) >= 11 is 0. The van der Waals surface area contributed by atoms with Crippen molar-refractivity contribution in [2.45, 2.75) is 87.6 Å². The van der Waals surface area contributed by atoms with Gasteiger partial charge in [0.15, 0.2) is 0 Å². The number of pyridine rings is 1. The molecule has 4 heterocycles. The van der Waals surface area contributed by atoms with Crippen LogP contribution in [0.3, 0.4) is 0 Å². The zero-order valence-electron chi connectivity index (χ0n) is 23.9. The number of amides is 1. The van der Waals surface area contributed by atoms with Gasteiger partial charge >= 0.3 is 6.36 Å². The second-order valence-electron chi connectivity index (χ2n) is 12.2. The highest BCUT2D eigenvalue weighted by atomic mass is 32.2. The zero-order valence-corrected chi connectivity index (χ0v) is 24.7. The predicted octanol–water partition coefficient (Wildman–Crippen LogP) is 4.88. The maximum Gasteiger partial charge on any atom is 0.573 e. The number of halogens is 3. The number of benzene rings is 1. The van der Waals surface area contributed by atoms with E-state index in [1.807, 2.05) is 0 Å². The van der Waals surface area contributed by atoms with Gasteiger partial charge in [-0.1, -0.05) is 24.2 Å². The van der Waals surface area contributed by atoms with Crippen molar-refractivity contribution in [2.75, 3.05) is 4.90 Å². The van der Waals surface area contributed by atoms with E-state index in [0.29, 0.717) is 36.8 Å². The molecule has 10 nitrogen and oxygen atoms in total. The number of fused-ring (bicyclic) bond motifs is 2. The first-order valence-corrected chi connectivity index (χ1v) is 16.4. The summed E-state index contributed by atoms with van der Waals surface area (Å²) in [4.78, 5) is 19.2. The van der Waals surface area contributed by atoms with Crippen molar-refractivity contribution in [1.82, 2.24) is 20.2 Å². The second-order valence-corrected chi connectivity index (χ2v) is 14.2. The van der Waals surface area contributed by atoms with Crippen LogP contribution in [0.1, 0.15) is 73.0 Å². The molecule has 5 aliphatic rings. The molecule has 2 bridgehead atoms. The third kappa shape index (κ3) is 5.65. The van der Waals surface area contributed by atoms with Crippen LogP contribution in [0.2, 0.25) is 0 Å².